The number of nitrogens with zero attached hydrogens (tertiary/aromatic N) is 3. The predicted molar refractivity (Wildman–Crippen MR) is 66.4 cm³/mol. The summed E-state index contributed by atoms with van der Waals surface area (Å²) in [6, 6.07) is 0. The van der Waals surface area contributed by atoms with Crippen LogP contribution in [0.2, 0.25) is 0 Å². The van der Waals surface area contributed by atoms with Crippen LogP contribution in [0.5, 0.6) is 0 Å². The molecule has 0 bridgehead atoms. The summed E-state index contributed by atoms with van der Waals surface area (Å²) < 4.78 is 1.72. The third-order valence-corrected chi connectivity index (χ3v) is 2.82. The minimum absolute atomic E-state index is 0.680. The molecule has 0 saturated carbocycles. The molecule has 0 aliphatic heterocycles. The van der Waals surface area contributed by atoms with Gasteiger partial charge >= 0.3 is 0 Å². The summed E-state index contributed by atoms with van der Waals surface area (Å²) >= 11 is 5.78. The summed E-state index contributed by atoms with van der Waals surface area (Å²) in [6.45, 7) is 4.01. The molecule has 1 rings (SSSR count). The molecule has 1 aromatic heterocycles. The van der Waals surface area contributed by atoms with Crippen LogP contribution < -0.4 is 5.32 Å². The Labute approximate surface area is 102 Å². The highest BCUT2D eigenvalue weighted by Crippen LogP contribution is 2.11. The summed E-state index contributed by atoms with van der Waals surface area (Å²) in [5.74, 6) is 1.43. The minimum atomic E-state index is 0.680. The Morgan fingerprint density at radius 2 is 2.31 bits per heavy atom. The molecule has 1 unspecified atom stereocenters. The molecule has 0 aliphatic carbocycles. The van der Waals surface area contributed by atoms with Gasteiger partial charge in [0.25, 0.3) is 0 Å². The summed E-state index contributed by atoms with van der Waals surface area (Å²) in [5.41, 5.74) is 0.989. The molecule has 0 amide bonds. The van der Waals surface area contributed by atoms with Gasteiger partial charge in [0, 0.05) is 25.7 Å². The molecule has 16 heavy (non-hydrogen) atoms. The van der Waals surface area contributed by atoms with Gasteiger partial charge in [-0.2, -0.15) is 0 Å². The lowest BCUT2D eigenvalue weighted by atomic mass is 10.0. The molecule has 0 fully saturated rings. The van der Waals surface area contributed by atoms with Crippen LogP contribution in [-0.2, 0) is 13.6 Å². The smallest absolute Gasteiger partial charge is 0.0964 e. The minimum Gasteiger partial charge on any atom is -0.311 e. The second kappa shape index (κ2) is 7.63. The Kier molecular flexibility index (Phi) is 6.42. The fourth-order valence-corrected chi connectivity index (χ4v) is 2.10. The van der Waals surface area contributed by atoms with Crippen LogP contribution in [0, 0.1) is 5.92 Å². The average Bonchev–Trinajstić information content (AvgIpc) is 2.65. The van der Waals surface area contributed by atoms with Crippen LogP contribution in [0.3, 0.4) is 0 Å². The van der Waals surface area contributed by atoms with E-state index in [2.05, 4.69) is 22.6 Å². The van der Waals surface area contributed by atoms with Gasteiger partial charge in [0.1, 0.15) is 0 Å². The molecule has 1 N–H and O–H groups in total. The number of hydrogen-bond donors (Lipinski definition) is 1. The third kappa shape index (κ3) is 4.94. The molecule has 0 spiro atoms. The van der Waals surface area contributed by atoms with Gasteiger partial charge in [0.2, 0.25) is 0 Å². The predicted octanol–water partition coefficient (Wildman–Crippen LogP) is 1.95. The first kappa shape index (κ1) is 13.5. The van der Waals surface area contributed by atoms with Gasteiger partial charge < -0.3 is 5.32 Å². The summed E-state index contributed by atoms with van der Waals surface area (Å²) in [5, 5.41) is 11.3. The second-order valence-corrected chi connectivity index (χ2v) is 4.52. The Morgan fingerprint density at radius 1 is 1.50 bits per heavy atom. The van der Waals surface area contributed by atoms with E-state index in [1.807, 2.05) is 13.2 Å². The van der Waals surface area contributed by atoms with Crippen LogP contribution in [0.15, 0.2) is 6.20 Å². The molecular weight excluding hydrogens is 224 g/mol. The molecule has 0 aromatic carbocycles. The Balaban J connectivity index is 2.21. The van der Waals surface area contributed by atoms with E-state index in [-0.39, 0.29) is 0 Å². The second-order valence-electron chi connectivity index (χ2n) is 4.15. The monoisotopic (exact) mass is 244 g/mol. The molecule has 1 aromatic rings. The van der Waals surface area contributed by atoms with Crippen molar-refractivity contribution in [2.75, 3.05) is 12.4 Å². The first-order valence-corrected chi connectivity index (χ1v) is 6.41. The van der Waals surface area contributed by atoms with Crippen LogP contribution in [-0.4, -0.2) is 27.4 Å². The average molecular weight is 245 g/mol. The highest BCUT2D eigenvalue weighted by Gasteiger charge is 2.07. The Bertz CT molecular complexity index is 281. The van der Waals surface area contributed by atoms with Crippen LogP contribution in [0.4, 0.5) is 0 Å². The van der Waals surface area contributed by atoms with Crippen molar-refractivity contribution in [3.8, 4) is 0 Å². The van der Waals surface area contributed by atoms with Crippen LogP contribution >= 0.6 is 11.6 Å². The van der Waals surface area contributed by atoms with E-state index in [0.29, 0.717) is 5.92 Å². The zero-order valence-corrected chi connectivity index (χ0v) is 10.9. The molecule has 1 atom stereocenters. The fourth-order valence-electron chi connectivity index (χ4n) is 1.79. The molecule has 0 aliphatic rings. The standard InChI is InChI=1S/C11H21ClN4/c1-3-4-10(5-6-12)7-13-8-11-9-16(2)15-14-11/h9-10,13H,3-8H2,1-2H3. The number of aryl methyl sites for hydroxylation is 1. The summed E-state index contributed by atoms with van der Waals surface area (Å²) in [6.07, 6.45) is 5.47. The molecule has 92 valence electrons. The van der Waals surface area contributed by atoms with Gasteiger partial charge in [-0.3, -0.25) is 4.68 Å². The largest absolute Gasteiger partial charge is 0.311 e. The zero-order valence-electron chi connectivity index (χ0n) is 10.1. The van der Waals surface area contributed by atoms with Gasteiger partial charge in [-0.05, 0) is 25.3 Å². The van der Waals surface area contributed by atoms with Crippen LogP contribution in [0.25, 0.3) is 0 Å². The maximum absolute atomic E-state index is 5.78. The van der Waals surface area contributed by atoms with E-state index < -0.39 is 0 Å². The maximum Gasteiger partial charge on any atom is 0.0964 e. The van der Waals surface area contributed by atoms with E-state index in [1.165, 1.54) is 12.8 Å². The quantitative estimate of drug-likeness (QED) is 0.711. The van der Waals surface area contributed by atoms with Crippen molar-refractivity contribution in [1.29, 1.82) is 0 Å². The number of alkyl halides is 1. The van der Waals surface area contributed by atoms with E-state index in [9.17, 15) is 0 Å². The van der Waals surface area contributed by atoms with Gasteiger partial charge in [-0.1, -0.05) is 18.6 Å². The van der Waals surface area contributed by atoms with Gasteiger partial charge in [0.05, 0.1) is 5.69 Å². The lowest BCUT2D eigenvalue weighted by Gasteiger charge is -2.14. The van der Waals surface area contributed by atoms with Crippen molar-refractivity contribution in [1.82, 2.24) is 20.3 Å². The summed E-state index contributed by atoms with van der Waals surface area (Å²) in [7, 11) is 1.88. The fraction of sp³-hybridized carbons (Fsp3) is 0.818. The third-order valence-electron chi connectivity index (χ3n) is 2.60. The molecule has 0 radical (unpaired) electrons. The first-order chi connectivity index (χ1) is 7.76. The van der Waals surface area contributed by atoms with Crippen molar-refractivity contribution in [2.24, 2.45) is 13.0 Å². The Morgan fingerprint density at radius 3 is 2.88 bits per heavy atom. The maximum atomic E-state index is 5.78. The topological polar surface area (TPSA) is 42.7 Å². The lowest BCUT2D eigenvalue weighted by Crippen LogP contribution is -2.23. The zero-order chi connectivity index (χ0) is 11.8. The van der Waals surface area contributed by atoms with Crippen molar-refractivity contribution in [3.05, 3.63) is 11.9 Å². The van der Waals surface area contributed by atoms with Crippen molar-refractivity contribution in [2.45, 2.75) is 32.7 Å². The van der Waals surface area contributed by atoms with Crippen LogP contribution in [0.1, 0.15) is 31.9 Å². The molecule has 1 heterocycles. The van der Waals surface area contributed by atoms with Gasteiger partial charge in [0.15, 0.2) is 0 Å². The SMILES string of the molecule is CCCC(CCCl)CNCc1cn(C)nn1. The molecule has 4 nitrogen and oxygen atoms in total. The Hall–Kier alpha value is -0.610. The lowest BCUT2D eigenvalue weighted by molar-refractivity contribution is 0.429. The van der Waals surface area contributed by atoms with Gasteiger partial charge in [-0.15, -0.1) is 16.7 Å². The molecule has 5 heteroatoms. The van der Waals surface area contributed by atoms with Gasteiger partial charge in [-0.25, -0.2) is 0 Å². The molecular formula is C11H21ClN4. The molecule has 0 saturated heterocycles. The van der Waals surface area contributed by atoms with Crippen molar-refractivity contribution in [3.63, 3.8) is 0 Å². The van der Waals surface area contributed by atoms with E-state index in [0.717, 1.165) is 31.1 Å². The highest BCUT2D eigenvalue weighted by molar-refractivity contribution is 6.17. The number of halogens is 1. The van der Waals surface area contributed by atoms with Crippen molar-refractivity contribution >= 4 is 11.6 Å². The number of aromatic nitrogens is 3. The van der Waals surface area contributed by atoms with Crippen molar-refractivity contribution < 1.29 is 0 Å². The van der Waals surface area contributed by atoms with E-state index in [4.69, 9.17) is 11.6 Å². The van der Waals surface area contributed by atoms with E-state index >= 15 is 0 Å². The highest BCUT2D eigenvalue weighted by atomic mass is 35.5. The number of rotatable bonds is 8. The first-order valence-electron chi connectivity index (χ1n) is 5.88. The normalized spacial score (nSPS) is 12.9. The van der Waals surface area contributed by atoms with E-state index in [1.54, 1.807) is 4.68 Å². The summed E-state index contributed by atoms with van der Waals surface area (Å²) in [4.78, 5) is 0. The number of hydrogen-bond acceptors (Lipinski definition) is 3. The number of nitrogens with one attached hydrogen (secondary N) is 1.